The Bertz CT molecular complexity index is 637. The van der Waals surface area contributed by atoms with Crippen molar-refractivity contribution in [2.45, 2.75) is 33.4 Å². The lowest BCUT2D eigenvalue weighted by molar-refractivity contribution is -0.121. The summed E-state index contributed by atoms with van der Waals surface area (Å²) >= 11 is 9.24. The largest absolute Gasteiger partial charge is 0.354 e. The number of carbonyl (C=O) groups is 1. The topological polar surface area (TPSA) is 64.7 Å². The Morgan fingerprint density at radius 3 is 2.76 bits per heavy atom. The van der Waals surface area contributed by atoms with Gasteiger partial charge in [-0.2, -0.15) is 10.2 Å². The Hall–Kier alpha value is -1.34. The standard InChI is InChI=1S/C13H17BrClN5O/c1-9-13(14)10(2)20(18-9)5-3-12(21)16-4-6-19-8-11(15)7-17-19/h7-8H,3-6H2,1-2H3,(H,16,21). The Labute approximate surface area is 136 Å². The first-order valence-corrected chi connectivity index (χ1v) is 7.78. The fourth-order valence-electron chi connectivity index (χ4n) is 1.96. The highest BCUT2D eigenvalue weighted by molar-refractivity contribution is 9.10. The minimum atomic E-state index is -0.00284. The average molecular weight is 375 g/mol. The smallest absolute Gasteiger partial charge is 0.221 e. The molecule has 6 nitrogen and oxygen atoms in total. The molecule has 0 spiro atoms. The van der Waals surface area contributed by atoms with E-state index < -0.39 is 0 Å². The SMILES string of the molecule is Cc1nn(CCC(=O)NCCn2cc(Cl)cn2)c(C)c1Br. The molecule has 0 aliphatic rings. The van der Waals surface area contributed by atoms with Crippen LogP contribution in [-0.4, -0.2) is 32.0 Å². The highest BCUT2D eigenvalue weighted by atomic mass is 79.9. The van der Waals surface area contributed by atoms with Gasteiger partial charge < -0.3 is 5.32 Å². The van der Waals surface area contributed by atoms with Gasteiger partial charge in [0.25, 0.3) is 0 Å². The van der Waals surface area contributed by atoms with Gasteiger partial charge in [-0.15, -0.1) is 0 Å². The lowest BCUT2D eigenvalue weighted by atomic mass is 10.3. The van der Waals surface area contributed by atoms with E-state index in [4.69, 9.17) is 11.6 Å². The number of rotatable bonds is 6. The molecule has 0 aromatic carbocycles. The van der Waals surface area contributed by atoms with Crippen molar-refractivity contribution in [3.8, 4) is 0 Å². The Kier molecular flexibility index (Phi) is 5.41. The Morgan fingerprint density at radius 2 is 2.19 bits per heavy atom. The molecule has 0 unspecified atom stereocenters. The molecule has 114 valence electrons. The van der Waals surface area contributed by atoms with Crippen LogP contribution in [0.1, 0.15) is 17.8 Å². The lowest BCUT2D eigenvalue weighted by Crippen LogP contribution is -2.28. The summed E-state index contributed by atoms with van der Waals surface area (Å²) in [6.07, 6.45) is 3.69. The Balaban J connectivity index is 1.73. The van der Waals surface area contributed by atoms with E-state index in [2.05, 4.69) is 31.4 Å². The third-order valence-corrected chi connectivity index (χ3v) is 4.45. The van der Waals surface area contributed by atoms with Gasteiger partial charge in [0.05, 0.1) is 34.5 Å². The Morgan fingerprint density at radius 1 is 1.43 bits per heavy atom. The van der Waals surface area contributed by atoms with Gasteiger partial charge in [-0.05, 0) is 29.8 Å². The predicted octanol–water partition coefficient (Wildman–Crippen LogP) is 2.32. The van der Waals surface area contributed by atoms with Crippen LogP contribution in [0.4, 0.5) is 0 Å². The second-order valence-corrected chi connectivity index (χ2v) is 5.96. The maximum atomic E-state index is 11.8. The molecule has 2 aromatic heterocycles. The number of carbonyl (C=O) groups excluding carboxylic acids is 1. The van der Waals surface area contributed by atoms with Gasteiger partial charge in [0, 0.05) is 24.9 Å². The third-order valence-electron chi connectivity index (χ3n) is 3.11. The van der Waals surface area contributed by atoms with Gasteiger partial charge in [0.15, 0.2) is 0 Å². The maximum absolute atomic E-state index is 11.8. The molecule has 8 heteroatoms. The molecule has 1 amide bonds. The van der Waals surface area contributed by atoms with E-state index in [-0.39, 0.29) is 5.91 Å². The van der Waals surface area contributed by atoms with E-state index in [9.17, 15) is 4.79 Å². The molecule has 0 aliphatic heterocycles. The fourth-order valence-corrected chi connectivity index (χ4v) is 2.40. The molecule has 0 radical (unpaired) electrons. The van der Waals surface area contributed by atoms with E-state index in [0.29, 0.717) is 31.1 Å². The third kappa shape index (κ3) is 4.31. The van der Waals surface area contributed by atoms with Crippen molar-refractivity contribution in [3.05, 3.63) is 33.3 Å². The molecule has 2 heterocycles. The number of aryl methyl sites for hydroxylation is 2. The number of nitrogens with one attached hydrogen (secondary N) is 1. The maximum Gasteiger partial charge on any atom is 0.221 e. The van der Waals surface area contributed by atoms with Gasteiger partial charge in [-0.1, -0.05) is 11.6 Å². The summed E-state index contributed by atoms with van der Waals surface area (Å²) in [5.74, 6) is -0.00284. The van der Waals surface area contributed by atoms with Crippen molar-refractivity contribution in [3.63, 3.8) is 0 Å². The summed E-state index contributed by atoms with van der Waals surface area (Å²) < 4.78 is 4.53. The summed E-state index contributed by atoms with van der Waals surface area (Å²) in [4.78, 5) is 11.8. The molecular weight excluding hydrogens is 358 g/mol. The minimum Gasteiger partial charge on any atom is -0.354 e. The number of aromatic nitrogens is 4. The zero-order valence-corrected chi connectivity index (χ0v) is 14.3. The monoisotopic (exact) mass is 373 g/mol. The predicted molar refractivity (Wildman–Crippen MR) is 84.3 cm³/mol. The second-order valence-electron chi connectivity index (χ2n) is 4.73. The molecule has 0 saturated heterocycles. The van der Waals surface area contributed by atoms with Crippen molar-refractivity contribution in [2.24, 2.45) is 0 Å². The normalized spacial score (nSPS) is 10.9. The van der Waals surface area contributed by atoms with Crippen molar-refractivity contribution < 1.29 is 4.79 Å². The van der Waals surface area contributed by atoms with Gasteiger partial charge in [0.1, 0.15) is 0 Å². The van der Waals surface area contributed by atoms with Crippen LogP contribution in [0.25, 0.3) is 0 Å². The number of nitrogens with zero attached hydrogens (tertiary/aromatic N) is 4. The lowest BCUT2D eigenvalue weighted by Gasteiger charge is -2.07. The molecule has 0 atom stereocenters. The molecule has 0 saturated carbocycles. The number of amides is 1. The van der Waals surface area contributed by atoms with Crippen molar-refractivity contribution in [1.82, 2.24) is 24.9 Å². The molecule has 0 bridgehead atoms. The van der Waals surface area contributed by atoms with E-state index in [1.807, 2.05) is 18.5 Å². The molecule has 2 rings (SSSR count). The van der Waals surface area contributed by atoms with Crippen LogP contribution in [0.2, 0.25) is 5.02 Å². The highest BCUT2D eigenvalue weighted by Gasteiger charge is 2.10. The van der Waals surface area contributed by atoms with Gasteiger partial charge in [0.2, 0.25) is 5.91 Å². The number of halogens is 2. The van der Waals surface area contributed by atoms with Crippen LogP contribution in [0.15, 0.2) is 16.9 Å². The van der Waals surface area contributed by atoms with E-state index >= 15 is 0 Å². The van der Waals surface area contributed by atoms with E-state index in [1.54, 1.807) is 17.1 Å². The zero-order valence-electron chi connectivity index (χ0n) is 11.9. The van der Waals surface area contributed by atoms with Crippen molar-refractivity contribution in [2.75, 3.05) is 6.54 Å². The zero-order chi connectivity index (χ0) is 15.4. The van der Waals surface area contributed by atoms with E-state index in [0.717, 1.165) is 15.9 Å². The summed E-state index contributed by atoms with van der Waals surface area (Å²) in [6, 6.07) is 0. The number of hydrogen-bond donors (Lipinski definition) is 1. The summed E-state index contributed by atoms with van der Waals surface area (Å²) in [7, 11) is 0. The van der Waals surface area contributed by atoms with Crippen molar-refractivity contribution in [1.29, 1.82) is 0 Å². The van der Waals surface area contributed by atoms with Crippen LogP contribution in [0.5, 0.6) is 0 Å². The minimum absolute atomic E-state index is 0.00284. The molecular formula is C13H17BrClN5O. The summed E-state index contributed by atoms with van der Waals surface area (Å²) in [5, 5.41) is 11.9. The van der Waals surface area contributed by atoms with Crippen LogP contribution in [0, 0.1) is 13.8 Å². The van der Waals surface area contributed by atoms with Gasteiger partial charge >= 0.3 is 0 Å². The average Bonchev–Trinajstić information content (AvgIpc) is 2.96. The summed E-state index contributed by atoms with van der Waals surface area (Å²) in [6.45, 7) is 5.60. The van der Waals surface area contributed by atoms with Crippen LogP contribution in [0.3, 0.4) is 0 Å². The van der Waals surface area contributed by atoms with Crippen molar-refractivity contribution >= 4 is 33.4 Å². The fraction of sp³-hybridized carbons (Fsp3) is 0.462. The van der Waals surface area contributed by atoms with Gasteiger partial charge in [-0.3, -0.25) is 14.2 Å². The summed E-state index contributed by atoms with van der Waals surface area (Å²) in [5.41, 5.74) is 1.97. The second kappa shape index (κ2) is 7.09. The molecule has 1 N–H and O–H groups in total. The molecule has 2 aromatic rings. The molecule has 0 fully saturated rings. The van der Waals surface area contributed by atoms with Gasteiger partial charge in [-0.25, -0.2) is 0 Å². The van der Waals surface area contributed by atoms with E-state index in [1.165, 1.54) is 0 Å². The van der Waals surface area contributed by atoms with Crippen LogP contribution >= 0.6 is 27.5 Å². The van der Waals surface area contributed by atoms with Crippen LogP contribution in [-0.2, 0) is 17.9 Å². The quantitative estimate of drug-likeness (QED) is 0.844. The first-order chi connectivity index (χ1) is 9.97. The highest BCUT2D eigenvalue weighted by Crippen LogP contribution is 2.19. The molecule has 0 aliphatic carbocycles. The first kappa shape index (κ1) is 16.0. The van der Waals surface area contributed by atoms with Crippen LogP contribution < -0.4 is 5.32 Å². The first-order valence-electron chi connectivity index (χ1n) is 6.61. The number of hydrogen-bond acceptors (Lipinski definition) is 3. The molecule has 21 heavy (non-hydrogen) atoms.